The summed E-state index contributed by atoms with van der Waals surface area (Å²) in [6.45, 7) is 15.2. The average molecular weight is 597 g/mol. The molecular weight excluding hydrogens is 556 g/mol. The Kier molecular flexibility index (Phi) is 7.03. The molecule has 2 atom stereocenters. The first-order chi connectivity index (χ1) is 19.3. The van der Waals surface area contributed by atoms with Crippen molar-refractivity contribution in [1.29, 1.82) is 0 Å². The van der Waals surface area contributed by atoms with Gasteiger partial charge < -0.3 is 14.1 Å². The first kappa shape index (κ1) is 30.1. The summed E-state index contributed by atoms with van der Waals surface area (Å²) >= 11 is 0. The molecule has 3 heterocycles. The van der Waals surface area contributed by atoms with E-state index in [0.717, 1.165) is 0 Å². The number of benzene rings is 1. The van der Waals surface area contributed by atoms with Crippen LogP contribution in [0.2, 0.25) is 0 Å². The Bertz CT molecular complexity index is 1720. The fraction of sp³-hybridized carbons (Fsp3) is 0.531. The Balaban J connectivity index is 1.81. The van der Waals surface area contributed by atoms with E-state index in [4.69, 9.17) is 9.15 Å². The summed E-state index contributed by atoms with van der Waals surface area (Å²) in [6, 6.07) is 3.24. The molecule has 2 aliphatic heterocycles. The maximum Gasteiger partial charge on any atom is 0.265 e. The molecule has 1 aromatic carbocycles. The van der Waals surface area contributed by atoms with Crippen molar-refractivity contribution in [2.24, 2.45) is 10.8 Å². The van der Waals surface area contributed by atoms with Crippen LogP contribution < -0.4 is 4.72 Å². The summed E-state index contributed by atoms with van der Waals surface area (Å²) in [4.78, 5) is 43.2. The van der Waals surface area contributed by atoms with E-state index in [-0.39, 0.29) is 46.3 Å². The number of Topliss-reactive ketones (excluding diaryl/α,β-unsaturated/α-hetero) is 1. The second-order valence-electron chi connectivity index (χ2n) is 13.7. The number of nitrogens with one attached hydrogen (secondary N) is 1. The molecule has 0 unspecified atom stereocenters. The molecule has 1 N–H and O–H groups in total. The van der Waals surface area contributed by atoms with Crippen molar-refractivity contribution in [1.82, 2.24) is 9.62 Å². The second-order valence-corrected chi connectivity index (χ2v) is 15.7. The van der Waals surface area contributed by atoms with Crippen molar-refractivity contribution >= 4 is 38.6 Å². The molecule has 0 bridgehead atoms. The van der Waals surface area contributed by atoms with Gasteiger partial charge in [-0.15, -0.1) is 0 Å². The molecule has 0 saturated carbocycles. The molecule has 1 aromatic heterocycles. The van der Waals surface area contributed by atoms with Gasteiger partial charge in [-0.1, -0.05) is 34.6 Å². The van der Waals surface area contributed by atoms with Gasteiger partial charge in [0.25, 0.3) is 11.8 Å². The summed E-state index contributed by atoms with van der Waals surface area (Å²) in [6.07, 6.45) is 1.26. The summed E-state index contributed by atoms with van der Waals surface area (Å²) in [5, 5.41) is 0.618. The number of carbonyl (C=O) groups is 3. The third-order valence-corrected chi connectivity index (χ3v) is 10.1. The molecule has 3 aliphatic rings. The molecule has 5 rings (SSSR count). The van der Waals surface area contributed by atoms with Crippen LogP contribution >= 0.6 is 0 Å². The van der Waals surface area contributed by atoms with Gasteiger partial charge in [-0.2, -0.15) is 0 Å². The van der Waals surface area contributed by atoms with Gasteiger partial charge in [0.2, 0.25) is 10.0 Å². The highest BCUT2D eigenvalue weighted by Gasteiger charge is 2.50. The molecule has 9 nitrogen and oxygen atoms in total. The summed E-state index contributed by atoms with van der Waals surface area (Å²) in [7, 11) is -2.07. The third kappa shape index (κ3) is 4.97. The molecule has 0 spiro atoms. The number of rotatable bonds is 4. The minimum absolute atomic E-state index is 0.122. The van der Waals surface area contributed by atoms with Crippen molar-refractivity contribution in [3.63, 3.8) is 0 Å². The molecule has 0 fully saturated rings. The van der Waals surface area contributed by atoms with E-state index in [9.17, 15) is 22.8 Å². The highest BCUT2D eigenvalue weighted by Crippen LogP contribution is 2.53. The zero-order valence-corrected chi connectivity index (χ0v) is 26.7. The van der Waals surface area contributed by atoms with Crippen molar-refractivity contribution in [2.75, 3.05) is 12.8 Å². The van der Waals surface area contributed by atoms with Gasteiger partial charge in [-0.05, 0) is 49.3 Å². The Labute approximate surface area is 247 Å². The van der Waals surface area contributed by atoms with E-state index in [1.807, 2.05) is 13.8 Å². The SMILES string of the molecule is CCS(=O)(=O)NC(=O)c1cc([C@H]2C3=C(CC(C)(C)CC3=O)OC3=C2C(=O)N(C)[C@H](C(C)(C)C)C3)c2oc(C)cc2c1C. The smallest absolute Gasteiger partial charge is 0.265 e. The van der Waals surface area contributed by atoms with E-state index in [2.05, 4.69) is 25.5 Å². The predicted octanol–water partition coefficient (Wildman–Crippen LogP) is 5.42. The van der Waals surface area contributed by atoms with Crippen LogP contribution in [0.15, 0.2) is 39.2 Å². The Hall–Kier alpha value is -3.40. The summed E-state index contributed by atoms with van der Waals surface area (Å²) < 4.78 is 39.5. The number of aryl methyl sites for hydroxylation is 2. The second kappa shape index (κ2) is 9.82. The van der Waals surface area contributed by atoms with Gasteiger partial charge in [0, 0.05) is 54.4 Å². The van der Waals surface area contributed by atoms with E-state index >= 15 is 0 Å². The average Bonchev–Trinajstić information content (AvgIpc) is 3.25. The van der Waals surface area contributed by atoms with Crippen LogP contribution in [-0.4, -0.2) is 49.8 Å². The number of carbonyl (C=O) groups excluding carboxylic acids is 3. The Morgan fingerprint density at radius 2 is 1.76 bits per heavy atom. The Morgan fingerprint density at radius 1 is 1.10 bits per heavy atom. The Morgan fingerprint density at radius 3 is 2.38 bits per heavy atom. The number of ether oxygens (including phenoxy) is 1. The predicted molar refractivity (Wildman–Crippen MR) is 159 cm³/mol. The van der Waals surface area contributed by atoms with Crippen LogP contribution in [0.1, 0.15) is 94.0 Å². The normalized spacial score (nSPS) is 22.7. The van der Waals surface area contributed by atoms with E-state index < -0.39 is 21.8 Å². The lowest BCUT2D eigenvalue weighted by Gasteiger charge is -2.46. The van der Waals surface area contributed by atoms with Gasteiger partial charge in [0.05, 0.1) is 17.2 Å². The molecule has 226 valence electrons. The number of sulfonamides is 1. The van der Waals surface area contributed by atoms with Gasteiger partial charge in [0.1, 0.15) is 22.9 Å². The number of hydrogen-bond donors (Lipinski definition) is 1. The summed E-state index contributed by atoms with van der Waals surface area (Å²) in [5.41, 5.74) is 1.79. The molecule has 10 heteroatoms. The fourth-order valence-electron chi connectivity index (χ4n) is 6.64. The largest absolute Gasteiger partial charge is 0.465 e. The van der Waals surface area contributed by atoms with E-state index in [0.29, 0.717) is 63.4 Å². The van der Waals surface area contributed by atoms with Gasteiger partial charge in [-0.25, -0.2) is 13.1 Å². The number of furan rings is 1. The molecule has 1 aliphatic carbocycles. The molecule has 0 saturated heterocycles. The van der Waals surface area contributed by atoms with Crippen molar-refractivity contribution in [2.45, 2.75) is 86.6 Å². The van der Waals surface area contributed by atoms with Crippen molar-refractivity contribution in [3.8, 4) is 0 Å². The highest BCUT2D eigenvalue weighted by atomic mass is 32.2. The minimum atomic E-state index is -3.84. The fourth-order valence-corrected chi connectivity index (χ4v) is 7.17. The van der Waals surface area contributed by atoms with Crippen LogP contribution in [0.5, 0.6) is 0 Å². The number of likely N-dealkylation sites (N-methyl/N-ethyl adjacent to an activating group) is 1. The number of nitrogens with zero attached hydrogens (tertiary/aromatic N) is 1. The maximum atomic E-state index is 14.2. The van der Waals surface area contributed by atoms with Crippen molar-refractivity contribution in [3.05, 3.63) is 57.2 Å². The number of allylic oxidation sites excluding steroid dienone is 2. The van der Waals surface area contributed by atoms with Crippen LogP contribution in [0, 0.1) is 24.7 Å². The topological polar surface area (TPSA) is 123 Å². The zero-order valence-electron chi connectivity index (χ0n) is 25.9. The third-order valence-electron chi connectivity index (χ3n) is 8.81. The first-order valence-electron chi connectivity index (χ1n) is 14.4. The quantitative estimate of drug-likeness (QED) is 0.500. The summed E-state index contributed by atoms with van der Waals surface area (Å²) in [5.74, 6) is -0.590. The first-order valence-corrected chi connectivity index (χ1v) is 16.0. The lowest BCUT2D eigenvalue weighted by Crippen LogP contribution is -2.51. The molecule has 2 aromatic rings. The lowest BCUT2D eigenvalue weighted by atomic mass is 9.68. The monoisotopic (exact) mass is 596 g/mol. The van der Waals surface area contributed by atoms with Gasteiger partial charge >= 0.3 is 0 Å². The van der Waals surface area contributed by atoms with Gasteiger partial charge in [-0.3, -0.25) is 14.4 Å². The molecule has 42 heavy (non-hydrogen) atoms. The standard InChI is InChI=1S/C32H40N2O7S/c1-10-42(38,39)33-29(36)19-12-20(28-18(17(19)3)11-16(2)40-28)25-26-21(35)14-32(7,8)15-23(26)41-22-13-24(31(4,5)6)34(9)30(37)27(22)25/h11-12,24-25H,10,13-15H2,1-9H3,(H,33,36)/t24-,25-/m0/s1. The number of amides is 2. The number of fused-ring (bicyclic) bond motifs is 1. The molecule has 0 radical (unpaired) electrons. The molecule has 2 amide bonds. The van der Waals surface area contributed by atoms with E-state index in [1.165, 1.54) is 6.92 Å². The van der Waals surface area contributed by atoms with Crippen LogP contribution in [0.3, 0.4) is 0 Å². The maximum absolute atomic E-state index is 14.2. The number of hydrogen-bond acceptors (Lipinski definition) is 7. The lowest BCUT2D eigenvalue weighted by molar-refractivity contribution is -0.132. The van der Waals surface area contributed by atoms with E-state index in [1.54, 1.807) is 37.9 Å². The minimum Gasteiger partial charge on any atom is -0.465 e. The zero-order chi connectivity index (χ0) is 31.1. The highest BCUT2D eigenvalue weighted by molar-refractivity contribution is 7.90. The molecular formula is C32H40N2O7S. The van der Waals surface area contributed by atoms with Crippen molar-refractivity contribution < 1.29 is 32.0 Å². The van der Waals surface area contributed by atoms with Crippen LogP contribution in [0.25, 0.3) is 11.0 Å². The van der Waals surface area contributed by atoms with Crippen LogP contribution in [0.4, 0.5) is 0 Å². The van der Waals surface area contributed by atoms with Crippen LogP contribution in [-0.2, 0) is 24.3 Å². The number of ketones is 1. The van der Waals surface area contributed by atoms with Gasteiger partial charge in [0.15, 0.2) is 5.78 Å².